The number of carboxylic acid groups (broad SMARTS) is 1. The second kappa shape index (κ2) is 3.97. The van der Waals surface area contributed by atoms with Crippen LogP contribution in [0, 0.1) is 5.82 Å². The molecule has 0 aromatic carbocycles. The van der Waals surface area contributed by atoms with E-state index in [1.165, 1.54) is 29.3 Å². The van der Waals surface area contributed by atoms with Crippen LogP contribution in [-0.4, -0.2) is 26.0 Å². The summed E-state index contributed by atoms with van der Waals surface area (Å²) in [4.78, 5) is 14.0. The molecule has 0 aliphatic rings. The highest BCUT2D eigenvalue weighted by Gasteiger charge is 2.04. The Morgan fingerprint density at radius 1 is 1.44 bits per heavy atom. The SMILES string of the molecule is O=C(O)Nc1cnn(-c2cncc(F)c2)c1. The van der Waals surface area contributed by atoms with Crippen molar-refractivity contribution >= 4 is 11.8 Å². The number of anilines is 1. The molecular formula is C9H7FN4O2. The lowest BCUT2D eigenvalue weighted by Gasteiger charge is -1.99. The number of halogens is 1. The average Bonchev–Trinajstić information content (AvgIpc) is 2.65. The van der Waals surface area contributed by atoms with Gasteiger partial charge in [0.1, 0.15) is 5.82 Å². The molecule has 0 radical (unpaired) electrons. The third-order valence-corrected chi connectivity index (χ3v) is 1.79. The van der Waals surface area contributed by atoms with Gasteiger partial charge in [-0.15, -0.1) is 0 Å². The van der Waals surface area contributed by atoms with E-state index in [-0.39, 0.29) is 0 Å². The minimum atomic E-state index is -1.18. The molecule has 0 atom stereocenters. The van der Waals surface area contributed by atoms with Crippen LogP contribution in [0.3, 0.4) is 0 Å². The van der Waals surface area contributed by atoms with Crippen LogP contribution in [0.2, 0.25) is 0 Å². The number of nitrogens with zero attached hydrogens (tertiary/aromatic N) is 3. The molecule has 0 saturated heterocycles. The molecule has 2 rings (SSSR count). The van der Waals surface area contributed by atoms with Crippen molar-refractivity contribution in [2.75, 3.05) is 5.32 Å². The average molecular weight is 222 g/mol. The number of amides is 1. The summed E-state index contributed by atoms with van der Waals surface area (Å²) in [6.45, 7) is 0. The number of hydrogen-bond donors (Lipinski definition) is 2. The normalized spacial score (nSPS) is 10.1. The van der Waals surface area contributed by atoms with E-state index in [0.717, 1.165) is 6.20 Å². The maximum absolute atomic E-state index is 12.9. The minimum absolute atomic E-state index is 0.303. The predicted octanol–water partition coefficient (Wildman–Crippen LogP) is 1.50. The zero-order valence-electron chi connectivity index (χ0n) is 7.96. The van der Waals surface area contributed by atoms with Crippen molar-refractivity contribution in [3.05, 3.63) is 36.7 Å². The standard InChI is InChI=1S/C9H7FN4O2/c10-6-1-8(4-11-2-6)14-5-7(3-12-14)13-9(15)16/h1-5,13H,(H,15,16). The quantitative estimate of drug-likeness (QED) is 0.806. The van der Waals surface area contributed by atoms with E-state index in [0.29, 0.717) is 11.4 Å². The van der Waals surface area contributed by atoms with Crippen LogP contribution < -0.4 is 5.32 Å². The van der Waals surface area contributed by atoms with Crippen molar-refractivity contribution in [3.8, 4) is 5.69 Å². The molecule has 2 aromatic rings. The van der Waals surface area contributed by atoms with Crippen LogP contribution in [0.1, 0.15) is 0 Å². The van der Waals surface area contributed by atoms with E-state index in [2.05, 4.69) is 15.4 Å². The van der Waals surface area contributed by atoms with E-state index < -0.39 is 11.9 Å². The Bertz CT molecular complexity index is 526. The first-order chi connectivity index (χ1) is 7.65. The molecule has 0 spiro atoms. The molecule has 2 aromatic heterocycles. The fraction of sp³-hybridized carbons (Fsp3) is 0. The van der Waals surface area contributed by atoms with Crippen LogP contribution in [0.25, 0.3) is 5.69 Å². The molecule has 2 N–H and O–H groups in total. The van der Waals surface area contributed by atoms with Gasteiger partial charge in [0.2, 0.25) is 0 Å². The van der Waals surface area contributed by atoms with Crippen LogP contribution in [0.15, 0.2) is 30.9 Å². The number of nitrogens with one attached hydrogen (secondary N) is 1. The lowest BCUT2D eigenvalue weighted by molar-refractivity contribution is 0.210. The molecule has 0 aliphatic carbocycles. The van der Waals surface area contributed by atoms with E-state index >= 15 is 0 Å². The third kappa shape index (κ3) is 2.14. The Morgan fingerprint density at radius 3 is 2.94 bits per heavy atom. The maximum atomic E-state index is 12.9. The fourth-order valence-corrected chi connectivity index (χ4v) is 1.18. The molecule has 6 nitrogen and oxygen atoms in total. The molecule has 0 bridgehead atoms. The van der Waals surface area contributed by atoms with Crippen molar-refractivity contribution < 1.29 is 14.3 Å². The minimum Gasteiger partial charge on any atom is -0.465 e. The first kappa shape index (κ1) is 10.1. The van der Waals surface area contributed by atoms with Crippen LogP contribution in [-0.2, 0) is 0 Å². The second-order valence-electron chi connectivity index (χ2n) is 2.97. The van der Waals surface area contributed by atoms with E-state index in [9.17, 15) is 9.18 Å². The van der Waals surface area contributed by atoms with Crippen LogP contribution in [0.5, 0.6) is 0 Å². The van der Waals surface area contributed by atoms with Crippen molar-refractivity contribution in [2.24, 2.45) is 0 Å². The van der Waals surface area contributed by atoms with Crippen molar-refractivity contribution in [3.63, 3.8) is 0 Å². The lowest BCUT2D eigenvalue weighted by Crippen LogP contribution is -2.06. The molecule has 0 unspecified atom stereocenters. The Balaban J connectivity index is 2.28. The number of rotatable bonds is 2. The van der Waals surface area contributed by atoms with E-state index in [4.69, 9.17) is 5.11 Å². The van der Waals surface area contributed by atoms with Gasteiger partial charge in [0.15, 0.2) is 0 Å². The lowest BCUT2D eigenvalue weighted by atomic mass is 10.4. The van der Waals surface area contributed by atoms with Gasteiger partial charge in [0.05, 0.1) is 36.2 Å². The topological polar surface area (TPSA) is 80.0 Å². The molecule has 7 heteroatoms. The van der Waals surface area contributed by atoms with Gasteiger partial charge in [-0.1, -0.05) is 0 Å². The molecule has 0 saturated carbocycles. The Morgan fingerprint density at radius 2 is 2.25 bits per heavy atom. The highest BCUT2D eigenvalue weighted by atomic mass is 19.1. The Kier molecular flexibility index (Phi) is 2.50. The zero-order valence-corrected chi connectivity index (χ0v) is 7.96. The third-order valence-electron chi connectivity index (χ3n) is 1.79. The van der Waals surface area contributed by atoms with Crippen LogP contribution >= 0.6 is 0 Å². The van der Waals surface area contributed by atoms with Crippen molar-refractivity contribution in [1.82, 2.24) is 14.8 Å². The number of carbonyl (C=O) groups is 1. The van der Waals surface area contributed by atoms with Gasteiger partial charge in [-0.3, -0.25) is 10.3 Å². The summed E-state index contributed by atoms with van der Waals surface area (Å²) < 4.78 is 14.2. The number of pyridine rings is 1. The van der Waals surface area contributed by atoms with Crippen LogP contribution in [0.4, 0.5) is 14.9 Å². The smallest absolute Gasteiger partial charge is 0.409 e. The zero-order chi connectivity index (χ0) is 11.5. The summed E-state index contributed by atoms with van der Waals surface area (Å²) in [6.07, 6.45) is 4.05. The summed E-state index contributed by atoms with van der Waals surface area (Å²) in [6, 6.07) is 1.24. The van der Waals surface area contributed by atoms with E-state index in [1.54, 1.807) is 0 Å². The molecule has 2 heterocycles. The molecule has 0 aliphatic heterocycles. The summed E-state index contributed by atoms with van der Waals surface area (Å²) in [5, 5.41) is 14.5. The molecular weight excluding hydrogens is 215 g/mol. The molecule has 1 amide bonds. The number of hydrogen-bond acceptors (Lipinski definition) is 3. The first-order valence-electron chi connectivity index (χ1n) is 4.31. The van der Waals surface area contributed by atoms with Crippen molar-refractivity contribution in [1.29, 1.82) is 0 Å². The molecule has 16 heavy (non-hydrogen) atoms. The maximum Gasteiger partial charge on any atom is 0.409 e. The summed E-state index contributed by atoms with van der Waals surface area (Å²) >= 11 is 0. The van der Waals surface area contributed by atoms with Gasteiger partial charge in [0.25, 0.3) is 0 Å². The summed E-state index contributed by atoms with van der Waals surface area (Å²) in [5.74, 6) is -0.485. The molecule has 0 fully saturated rings. The summed E-state index contributed by atoms with van der Waals surface area (Å²) in [7, 11) is 0. The van der Waals surface area contributed by atoms with Gasteiger partial charge in [-0.25, -0.2) is 13.9 Å². The first-order valence-corrected chi connectivity index (χ1v) is 4.31. The summed E-state index contributed by atoms with van der Waals surface area (Å²) in [5.41, 5.74) is 0.718. The van der Waals surface area contributed by atoms with E-state index in [1.807, 2.05) is 0 Å². The predicted molar refractivity (Wildman–Crippen MR) is 53.0 cm³/mol. The largest absolute Gasteiger partial charge is 0.465 e. The monoisotopic (exact) mass is 222 g/mol. The Labute approximate surface area is 89.4 Å². The highest BCUT2D eigenvalue weighted by Crippen LogP contribution is 2.11. The highest BCUT2D eigenvalue weighted by molar-refractivity contribution is 5.82. The second-order valence-corrected chi connectivity index (χ2v) is 2.97. The van der Waals surface area contributed by atoms with Gasteiger partial charge >= 0.3 is 6.09 Å². The van der Waals surface area contributed by atoms with Gasteiger partial charge in [-0.05, 0) is 0 Å². The Hall–Kier alpha value is -2.44. The van der Waals surface area contributed by atoms with Gasteiger partial charge in [-0.2, -0.15) is 5.10 Å². The van der Waals surface area contributed by atoms with Crippen molar-refractivity contribution in [2.45, 2.75) is 0 Å². The fourth-order valence-electron chi connectivity index (χ4n) is 1.18. The van der Waals surface area contributed by atoms with Gasteiger partial charge < -0.3 is 5.11 Å². The van der Waals surface area contributed by atoms with Gasteiger partial charge in [0, 0.05) is 6.07 Å². The molecule has 82 valence electrons. The number of aromatic nitrogens is 3.